The van der Waals surface area contributed by atoms with E-state index in [1.807, 2.05) is 51.1 Å². The number of aryl methyl sites for hydroxylation is 1. The zero-order valence-corrected chi connectivity index (χ0v) is 21.0. The average Bonchev–Trinajstić information content (AvgIpc) is 2.82. The summed E-state index contributed by atoms with van der Waals surface area (Å²) in [6.07, 6.45) is 1.40. The van der Waals surface area contributed by atoms with Gasteiger partial charge in [-0.05, 0) is 36.8 Å². The fourth-order valence-corrected chi connectivity index (χ4v) is 4.03. The van der Waals surface area contributed by atoms with Crippen molar-refractivity contribution in [1.29, 1.82) is 0 Å². The van der Waals surface area contributed by atoms with E-state index in [9.17, 15) is 14.9 Å². The van der Waals surface area contributed by atoms with E-state index in [4.69, 9.17) is 4.74 Å². The minimum atomic E-state index is -0.496. The molecule has 0 radical (unpaired) electrons. The summed E-state index contributed by atoms with van der Waals surface area (Å²) in [5.74, 6) is 0.474. The number of ether oxygens (including phenoxy) is 1. The van der Waals surface area contributed by atoms with Gasteiger partial charge in [-0.15, -0.1) is 0 Å². The molecule has 3 aromatic carbocycles. The molecule has 4 rings (SSSR count). The highest BCUT2D eigenvalue weighted by Gasteiger charge is 2.19. The Kier molecular flexibility index (Phi) is 7.07. The number of nitro benzene ring substituents is 1. The second kappa shape index (κ2) is 10.2. The smallest absolute Gasteiger partial charge is 0.311 e. The van der Waals surface area contributed by atoms with Crippen molar-refractivity contribution in [2.75, 3.05) is 0 Å². The van der Waals surface area contributed by atoms with E-state index in [1.165, 1.54) is 17.0 Å². The molecule has 35 heavy (non-hydrogen) atoms. The number of halogens is 1. The molecule has 0 aliphatic heterocycles. The van der Waals surface area contributed by atoms with Gasteiger partial charge in [0, 0.05) is 22.0 Å². The van der Waals surface area contributed by atoms with Gasteiger partial charge in [0.15, 0.2) is 0 Å². The van der Waals surface area contributed by atoms with Crippen LogP contribution < -0.4 is 10.3 Å². The van der Waals surface area contributed by atoms with Crippen molar-refractivity contribution < 1.29 is 9.66 Å². The molecular formula is C26H23BrN4O4. The zero-order chi connectivity index (χ0) is 25.1. The van der Waals surface area contributed by atoms with Crippen molar-refractivity contribution >= 4 is 38.7 Å². The van der Waals surface area contributed by atoms with Gasteiger partial charge in [-0.2, -0.15) is 9.78 Å². The van der Waals surface area contributed by atoms with Gasteiger partial charge in [0.25, 0.3) is 5.56 Å². The van der Waals surface area contributed by atoms with Gasteiger partial charge < -0.3 is 4.74 Å². The summed E-state index contributed by atoms with van der Waals surface area (Å²) < 4.78 is 7.90. The predicted molar refractivity (Wildman–Crippen MR) is 139 cm³/mol. The third-order valence-corrected chi connectivity index (χ3v) is 5.84. The lowest BCUT2D eigenvalue weighted by molar-refractivity contribution is -0.385. The minimum absolute atomic E-state index is 0.0818. The van der Waals surface area contributed by atoms with Gasteiger partial charge >= 0.3 is 5.69 Å². The summed E-state index contributed by atoms with van der Waals surface area (Å²) in [5.41, 5.74) is 2.39. The second-order valence-corrected chi connectivity index (χ2v) is 9.29. The first-order chi connectivity index (χ1) is 16.7. The molecule has 1 aromatic heterocycles. The summed E-state index contributed by atoms with van der Waals surface area (Å²) in [5, 5.41) is 16.5. The van der Waals surface area contributed by atoms with Gasteiger partial charge in [-0.3, -0.25) is 14.9 Å². The van der Waals surface area contributed by atoms with Crippen LogP contribution in [0.25, 0.3) is 10.9 Å². The van der Waals surface area contributed by atoms with Gasteiger partial charge in [0.1, 0.15) is 12.4 Å². The second-order valence-electron chi connectivity index (χ2n) is 8.38. The first-order valence-corrected chi connectivity index (χ1v) is 11.8. The maximum atomic E-state index is 13.3. The standard InChI is InChI=1S/C26H23BrN4O4/c1-16(2)25-29-22-11-10-20(27)13-21(22)26(32)30(25)28-14-19-8-5-9-23(31(33)34)24(19)35-15-18-7-4-6-17(3)12-18/h4-14,16H,15H2,1-3H3. The number of aromatic nitrogens is 2. The molecule has 9 heteroatoms. The lowest BCUT2D eigenvalue weighted by Crippen LogP contribution is -2.23. The van der Waals surface area contributed by atoms with Crippen LogP contribution in [0.4, 0.5) is 5.69 Å². The first-order valence-electron chi connectivity index (χ1n) is 11.0. The molecule has 1 heterocycles. The predicted octanol–water partition coefficient (Wildman–Crippen LogP) is 5.96. The van der Waals surface area contributed by atoms with Crippen molar-refractivity contribution in [3.05, 3.63) is 108 Å². The van der Waals surface area contributed by atoms with Gasteiger partial charge in [0.2, 0.25) is 5.75 Å². The molecule has 0 fully saturated rings. The fourth-order valence-electron chi connectivity index (χ4n) is 3.67. The summed E-state index contributed by atoms with van der Waals surface area (Å²) in [7, 11) is 0. The molecule has 0 aliphatic rings. The van der Waals surface area contributed by atoms with Crippen LogP contribution in [0.15, 0.2) is 75.0 Å². The third-order valence-electron chi connectivity index (χ3n) is 5.35. The Balaban J connectivity index is 1.79. The number of hydrogen-bond acceptors (Lipinski definition) is 6. The summed E-state index contributed by atoms with van der Waals surface area (Å²) >= 11 is 3.39. The van der Waals surface area contributed by atoms with Gasteiger partial charge in [-0.25, -0.2) is 4.98 Å². The quantitative estimate of drug-likeness (QED) is 0.165. The average molecular weight is 535 g/mol. The van der Waals surface area contributed by atoms with Crippen LogP contribution in [0.2, 0.25) is 0 Å². The SMILES string of the molecule is Cc1cccc(COc2c(C=Nn3c(C(C)C)nc4ccc(Br)cc4c3=O)cccc2[N+](=O)[O-])c1. The molecule has 0 atom stereocenters. The Morgan fingerprint density at radius 3 is 2.66 bits per heavy atom. The van der Waals surface area contributed by atoms with Crippen LogP contribution in [0.3, 0.4) is 0 Å². The van der Waals surface area contributed by atoms with Gasteiger partial charge in [0.05, 0.1) is 22.0 Å². The fraction of sp³-hybridized carbons (Fsp3) is 0.192. The first kappa shape index (κ1) is 24.3. The van der Waals surface area contributed by atoms with E-state index in [0.717, 1.165) is 15.6 Å². The molecule has 4 aromatic rings. The molecule has 0 unspecified atom stereocenters. The molecule has 0 saturated carbocycles. The van der Waals surface area contributed by atoms with Crippen LogP contribution in [0.5, 0.6) is 5.75 Å². The van der Waals surface area contributed by atoms with Crippen LogP contribution in [0, 0.1) is 17.0 Å². The summed E-state index contributed by atoms with van der Waals surface area (Å²) in [6, 6.07) is 17.6. The Labute approximate surface area is 210 Å². The Morgan fingerprint density at radius 2 is 1.94 bits per heavy atom. The normalized spacial score (nSPS) is 11.5. The summed E-state index contributed by atoms with van der Waals surface area (Å²) in [4.78, 5) is 29.1. The van der Waals surface area contributed by atoms with Crippen molar-refractivity contribution in [2.45, 2.75) is 33.3 Å². The van der Waals surface area contributed by atoms with Crippen LogP contribution in [-0.2, 0) is 6.61 Å². The lowest BCUT2D eigenvalue weighted by atomic mass is 10.1. The maximum absolute atomic E-state index is 13.3. The van der Waals surface area contributed by atoms with Crippen molar-refractivity contribution in [2.24, 2.45) is 5.10 Å². The molecule has 0 aliphatic carbocycles. The number of para-hydroxylation sites is 1. The monoisotopic (exact) mass is 534 g/mol. The van der Waals surface area contributed by atoms with Crippen molar-refractivity contribution in [3.8, 4) is 5.75 Å². The van der Waals surface area contributed by atoms with Crippen molar-refractivity contribution in [1.82, 2.24) is 9.66 Å². The minimum Gasteiger partial charge on any atom is -0.481 e. The van der Waals surface area contributed by atoms with Gasteiger partial charge in [-0.1, -0.05) is 65.7 Å². The number of nitro groups is 1. The highest BCUT2D eigenvalue weighted by Crippen LogP contribution is 2.31. The number of hydrogen-bond donors (Lipinski definition) is 0. The number of nitrogens with zero attached hydrogens (tertiary/aromatic N) is 4. The van der Waals surface area contributed by atoms with Crippen molar-refractivity contribution in [3.63, 3.8) is 0 Å². The highest BCUT2D eigenvalue weighted by atomic mass is 79.9. The number of benzene rings is 3. The Bertz CT molecular complexity index is 1510. The highest BCUT2D eigenvalue weighted by molar-refractivity contribution is 9.10. The lowest BCUT2D eigenvalue weighted by Gasteiger charge is -2.13. The molecular weight excluding hydrogens is 512 g/mol. The van der Waals surface area contributed by atoms with E-state index < -0.39 is 4.92 Å². The zero-order valence-electron chi connectivity index (χ0n) is 19.4. The van der Waals surface area contributed by atoms with Crippen LogP contribution >= 0.6 is 15.9 Å². The van der Waals surface area contributed by atoms with E-state index in [-0.39, 0.29) is 29.5 Å². The number of fused-ring (bicyclic) bond motifs is 1. The summed E-state index contributed by atoms with van der Waals surface area (Å²) in [6.45, 7) is 5.95. The maximum Gasteiger partial charge on any atom is 0.311 e. The molecule has 8 nitrogen and oxygen atoms in total. The molecule has 178 valence electrons. The molecule has 0 spiro atoms. The van der Waals surface area contributed by atoms with E-state index in [0.29, 0.717) is 22.3 Å². The molecule has 0 bridgehead atoms. The Morgan fingerprint density at radius 1 is 1.17 bits per heavy atom. The number of rotatable bonds is 7. The molecule has 0 N–H and O–H groups in total. The third kappa shape index (κ3) is 5.30. The topological polar surface area (TPSA) is 99.6 Å². The van der Waals surface area contributed by atoms with E-state index in [1.54, 1.807) is 24.3 Å². The molecule has 0 saturated heterocycles. The molecule has 0 amide bonds. The van der Waals surface area contributed by atoms with E-state index in [2.05, 4.69) is 26.0 Å². The van der Waals surface area contributed by atoms with Crippen LogP contribution in [-0.4, -0.2) is 20.8 Å². The van der Waals surface area contributed by atoms with E-state index >= 15 is 0 Å². The largest absolute Gasteiger partial charge is 0.481 e. The van der Waals surface area contributed by atoms with Crippen LogP contribution in [0.1, 0.15) is 42.3 Å². The Hall–Kier alpha value is -3.85.